The van der Waals surface area contributed by atoms with Crippen LogP contribution in [0, 0.1) is 6.92 Å². The van der Waals surface area contributed by atoms with Crippen LogP contribution in [0.4, 0.5) is 0 Å². The zero-order valence-corrected chi connectivity index (χ0v) is 20.0. The number of rotatable bonds is 11. The van der Waals surface area contributed by atoms with Crippen molar-refractivity contribution in [2.45, 2.75) is 32.2 Å². The van der Waals surface area contributed by atoms with Crippen molar-refractivity contribution < 1.29 is 24.2 Å². The van der Waals surface area contributed by atoms with Crippen molar-refractivity contribution in [2.75, 3.05) is 27.3 Å². The van der Waals surface area contributed by atoms with Gasteiger partial charge in [-0.05, 0) is 45.0 Å². The number of hydrogen-bond acceptors (Lipinski definition) is 6. The molecule has 2 rings (SSSR count). The number of carbonyl (C=O) groups excluding carboxylic acids is 2. The van der Waals surface area contributed by atoms with Gasteiger partial charge in [-0.25, -0.2) is 4.79 Å². The van der Waals surface area contributed by atoms with Gasteiger partial charge >= 0.3 is 5.97 Å². The van der Waals surface area contributed by atoms with Gasteiger partial charge in [0.2, 0.25) is 0 Å². The summed E-state index contributed by atoms with van der Waals surface area (Å²) in [6.45, 7) is 2.95. The maximum atomic E-state index is 12.8. The first-order valence-electron chi connectivity index (χ1n) is 10.1. The van der Waals surface area contributed by atoms with Crippen LogP contribution < -0.4 is 15.4 Å². The van der Waals surface area contributed by atoms with Crippen LogP contribution >= 0.6 is 24.0 Å². The maximum absolute atomic E-state index is 12.8. The lowest BCUT2D eigenvalue weighted by Gasteiger charge is -2.19. The predicted octanol–water partition coefficient (Wildman–Crippen LogP) is 3.67. The average Bonchev–Trinajstić information content (AvgIpc) is 2.77. The molecule has 1 amide bonds. The van der Waals surface area contributed by atoms with Gasteiger partial charge in [0.25, 0.3) is 5.91 Å². The molecule has 0 unspecified atom stereocenters. The van der Waals surface area contributed by atoms with Crippen molar-refractivity contribution >= 4 is 35.9 Å². The molecule has 2 aromatic carbocycles. The van der Waals surface area contributed by atoms with E-state index in [0.29, 0.717) is 17.9 Å². The van der Waals surface area contributed by atoms with E-state index in [-0.39, 0.29) is 35.2 Å². The Kier molecular flexibility index (Phi) is 11.9. The number of methoxy groups -OCH3 is 1. The molecule has 32 heavy (non-hydrogen) atoms. The number of ether oxygens (including phenoxy) is 2. The van der Waals surface area contributed by atoms with Crippen molar-refractivity contribution in [1.29, 1.82) is 0 Å². The van der Waals surface area contributed by atoms with Gasteiger partial charge in [0, 0.05) is 12.0 Å². The highest BCUT2D eigenvalue weighted by molar-refractivity contribution is 6.32. The number of aromatic hydroxyl groups is 1. The van der Waals surface area contributed by atoms with Crippen LogP contribution in [0.5, 0.6) is 11.5 Å². The first-order chi connectivity index (χ1) is 14.9. The van der Waals surface area contributed by atoms with Crippen molar-refractivity contribution in [1.82, 2.24) is 10.6 Å². The first kappa shape index (κ1) is 27.6. The third-order valence-electron chi connectivity index (χ3n) is 4.82. The molecular formula is C23H30Cl2N2O5. The molecule has 0 aliphatic heterocycles. The second kappa shape index (κ2) is 13.8. The van der Waals surface area contributed by atoms with Gasteiger partial charge in [-0.15, -0.1) is 12.4 Å². The minimum Gasteiger partial charge on any atom is -0.507 e. The Morgan fingerprint density at radius 3 is 2.50 bits per heavy atom. The minimum absolute atomic E-state index is 0. The van der Waals surface area contributed by atoms with E-state index in [0.717, 1.165) is 24.9 Å². The van der Waals surface area contributed by atoms with Crippen LogP contribution in [-0.2, 0) is 16.0 Å². The molecular weight excluding hydrogens is 455 g/mol. The number of halogens is 2. The maximum Gasteiger partial charge on any atom is 0.328 e. The molecule has 3 N–H and O–H groups in total. The summed E-state index contributed by atoms with van der Waals surface area (Å²) in [5.41, 5.74) is 1.19. The summed E-state index contributed by atoms with van der Waals surface area (Å²) >= 11 is 6.33. The van der Waals surface area contributed by atoms with Gasteiger partial charge in [0.15, 0.2) is 0 Å². The molecule has 2 aromatic rings. The Labute approximate surface area is 199 Å². The molecule has 0 radical (unpaired) electrons. The Bertz CT molecular complexity index is 894. The van der Waals surface area contributed by atoms with Crippen molar-refractivity contribution in [2.24, 2.45) is 0 Å². The second-order valence-electron chi connectivity index (χ2n) is 7.11. The highest BCUT2D eigenvalue weighted by atomic mass is 35.5. The molecule has 0 fully saturated rings. The number of phenols is 1. The van der Waals surface area contributed by atoms with E-state index in [9.17, 15) is 14.7 Å². The molecule has 0 spiro atoms. The number of amides is 1. The predicted molar refractivity (Wildman–Crippen MR) is 127 cm³/mol. The largest absolute Gasteiger partial charge is 0.507 e. The van der Waals surface area contributed by atoms with Gasteiger partial charge in [0.05, 0.1) is 24.3 Å². The molecule has 176 valence electrons. The molecule has 0 heterocycles. The number of carbonyl (C=O) groups is 2. The zero-order chi connectivity index (χ0) is 22.8. The third-order valence-corrected chi connectivity index (χ3v) is 5.11. The average molecular weight is 485 g/mol. The number of phenolic OH excluding ortho intramolecular Hbond substituents is 1. The number of esters is 1. The summed E-state index contributed by atoms with van der Waals surface area (Å²) in [7, 11) is 3.14. The highest BCUT2D eigenvalue weighted by Gasteiger charge is 2.26. The topological polar surface area (TPSA) is 96.9 Å². The SMILES string of the molecule is CNCCCCOc1c(Cl)cc(C(=O)N[C@@H](Cc2ccccc2)C(=O)OC)c(O)c1C.Cl. The molecule has 0 saturated carbocycles. The third kappa shape index (κ3) is 7.58. The molecule has 0 aliphatic rings. The quantitative estimate of drug-likeness (QED) is 0.332. The van der Waals surface area contributed by atoms with Crippen LogP contribution in [0.2, 0.25) is 5.02 Å². The van der Waals surface area contributed by atoms with Gasteiger partial charge in [-0.3, -0.25) is 4.79 Å². The Hall–Kier alpha value is -2.48. The summed E-state index contributed by atoms with van der Waals surface area (Å²) in [6, 6.07) is 9.69. The van der Waals surface area contributed by atoms with E-state index >= 15 is 0 Å². The first-order valence-corrected chi connectivity index (χ1v) is 10.5. The van der Waals surface area contributed by atoms with Crippen molar-refractivity contribution in [3.63, 3.8) is 0 Å². The lowest BCUT2D eigenvalue weighted by atomic mass is 10.0. The lowest BCUT2D eigenvalue weighted by molar-refractivity contribution is -0.142. The summed E-state index contributed by atoms with van der Waals surface area (Å²) in [4.78, 5) is 25.0. The molecule has 9 heteroatoms. The summed E-state index contributed by atoms with van der Waals surface area (Å²) in [5.74, 6) is -1.11. The van der Waals surface area contributed by atoms with Crippen LogP contribution in [0.25, 0.3) is 0 Å². The molecule has 1 atom stereocenters. The van der Waals surface area contributed by atoms with Gasteiger partial charge in [0.1, 0.15) is 17.5 Å². The number of nitrogens with one attached hydrogen (secondary N) is 2. The van der Waals surface area contributed by atoms with E-state index < -0.39 is 17.9 Å². The summed E-state index contributed by atoms with van der Waals surface area (Å²) in [6.07, 6.45) is 2.01. The Morgan fingerprint density at radius 1 is 1.19 bits per heavy atom. The molecule has 7 nitrogen and oxygen atoms in total. The lowest BCUT2D eigenvalue weighted by Crippen LogP contribution is -2.43. The summed E-state index contributed by atoms with van der Waals surface area (Å²) in [5, 5.41) is 16.5. The van der Waals surface area contributed by atoms with E-state index in [2.05, 4.69) is 10.6 Å². The smallest absolute Gasteiger partial charge is 0.328 e. The van der Waals surface area contributed by atoms with Gasteiger partial charge < -0.3 is 25.2 Å². The van der Waals surface area contributed by atoms with Gasteiger partial charge in [-0.1, -0.05) is 41.9 Å². The van der Waals surface area contributed by atoms with E-state index in [1.165, 1.54) is 13.2 Å². The monoisotopic (exact) mass is 484 g/mol. The normalized spacial score (nSPS) is 11.2. The van der Waals surface area contributed by atoms with E-state index in [1.54, 1.807) is 6.92 Å². The Balaban J connectivity index is 0.00000512. The fraction of sp³-hybridized carbons (Fsp3) is 0.391. The van der Waals surface area contributed by atoms with E-state index in [1.807, 2.05) is 37.4 Å². The zero-order valence-electron chi connectivity index (χ0n) is 18.4. The minimum atomic E-state index is -0.915. The highest BCUT2D eigenvalue weighted by Crippen LogP contribution is 2.37. The number of unbranched alkanes of at least 4 members (excludes halogenated alkanes) is 1. The van der Waals surface area contributed by atoms with Gasteiger partial charge in [-0.2, -0.15) is 0 Å². The van der Waals surface area contributed by atoms with Crippen LogP contribution in [0.3, 0.4) is 0 Å². The van der Waals surface area contributed by atoms with Crippen LogP contribution in [-0.4, -0.2) is 50.3 Å². The Morgan fingerprint density at radius 2 is 1.88 bits per heavy atom. The van der Waals surface area contributed by atoms with Crippen molar-refractivity contribution in [3.05, 3.63) is 58.1 Å². The fourth-order valence-corrected chi connectivity index (χ4v) is 3.40. The molecule has 0 aliphatic carbocycles. The standard InChI is InChI=1S/C23H29ClN2O5.ClH/c1-15-20(27)17(14-18(24)21(15)31-12-8-7-11-25-2)22(28)26-19(23(29)30-3)13-16-9-5-4-6-10-16;/h4-6,9-10,14,19,25,27H,7-8,11-13H2,1-3H3,(H,26,28);1H/t19-;/m0./s1. The van der Waals surface area contributed by atoms with E-state index in [4.69, 9.17) is 21.1 Å². The second-order valence-corrected chi connectivity index (χ2v) is 7.51. The molecule has 0 saturated heterocycles. The summed E-state index contributed by atoms with van der Waals surface area (Å²) < 4.78 is 10.5. The number of benzene rings is 2. The van der Waals surface area contributed by atoms with Crippen molar-refractivity contribution in [3.8, 4) is 11.5 Å². The molecule has 0 bridgehead atoms. The fourth-order valence-electron chi connectivity index (χ4n) is 3.10. The van der Waals surface area contributed by atoms with Crippen LogP contribution in [0.1, 0.15) is 34.3 Å². The van der Waals surface area contributed by atoms with Crippen LogP contribution in [0.15, 0.2) is 36.4 Å². The number of hydrogen-bond donors (Lipinski definition) is 3. The molecule has 0 aromatic heterocycles.